The molecule has 3 nitrogen and oxygen atoms in total. The van der Waals surface area contributed by atoms with Crippen molar-refractivity contribution in [3.05, 3.63) is 60.2 Å². The molecule has 0 spiro atoms. The minimum atomic E-state index is -0.0852. The molecular formula is C28H32O3. The van der Waals surface area contributed by atoms with E-state index in [1.165, 1.54) is 37.9 Å². The van der Waals surface area contributed by atoms with Gasteiger partial charge in [-0.2, -0.15) is 0 Å². The number of benzene rings is 4. The molecule has 0 saturated carbocycles. The molecule has 0 aliphatic rings. The molecule has 4 aromatic carbocycles. The fourth-order valence-corrected chi connectivity index (χ4v) is 4.62. The Bertz CT molecular complexity index is 1120. The molecule has 0 radical (unpaired) electrons. The van der Waals surface area contributed by atoms with Crippen molar-refractivity contribution in [2.24, 2.45) is 0 Å². The van der Waals surface area contributed by atoms with Gasteiger partial charge in [-0.15, -0.1) is 0 Å². The summed E-state index contributed by atoms with van der Waals surface area (Å²) >= 11 is 0. The third kappa shape index (κ3) is 5.16. The summed E-state index contributed by atoms with van der Waals surface area (Å²) < 4.78 is 5.41. The van der Waals surface area contributed by atoms with Crippen LogP contribution in [0.1, 0.15) is 56.9 Å². The second-order valence-corrected chi connectivity index (χ2v) is 8.50. The fourth-order valence-electron chi connectivity index (χ4n) is 4.62. The Morgan fingerprint density at radius 3 is 2.13 bits per heavy atom. The third-order valence-corrected chi connectivity index (χ3v) is 6.26. The van der Waals surface area contributed by atoms with Crippen molar-refractivity contribution in [3.63, 3.8) is 0 Å². The van der Waals surface area contributed by atoms with E-state index in [0.29, 0.717) is 13.0 Å². The average Bonchev–Trinajstić information content (AvgIpc) is 2.80. The van der Waals surface area contributed by atoms with Crippen LogP contribution in [0.25, 0.3) is 32.3 Å². The number of carbonyl (C=O) groups is 1. The van der Waals surface area contributed by atoms with Crippen molar-refractivity contribution >= 4 is 38.3 Å². The third-order valence-electron chi connectivity index (χ3n) is 6.26. The molecule has 1 N–H and O–H groups in total. The summed E-state index contributed by atoms with van der Waals surface area (Å²) in [5.41, 5.74) is 1.31. The van der Waals surface area contributed by atoms with Gasteiger partial charge in [-0.3, -0.25) is 4.79 Å². The monoisotopic (exact) mass is 416 g/mol. The van der Waals surface area contributed by atoms with Gasteiger partial charge in [0.2, 0.25) is 0 Å². The number of esters is 1. The van der Waals surface area contributed by atoms with Gasteiger partial charge in [0.15, 0.2) is 0 Å². The molecule has 162 valence electrons. The highest BCUT2D eigenvalue weighted by Gasteiger charge is 2.11. The molecule has 0 atom stereocenters. The van der Waals surface area contributed by atoms with Crippen LogP contribution in [-0.4, -0.2) is 24.3 Å². The molecule has 0 aliphatic carbocycles. The van der Waals surface area contributed by atoms with Crippen molar-refractivity contribution in [1.29, 1.82) is 0 Å². The predicted molar refractivity (Wildman–Crippen MR) is 129 cm³/mol. The minimum absolute atomic E-state index is 0.0852. The molecule has 0 heterocycles. The summed E-state index contributed by atoms with van der Waals surface area (Å²) in [5, 5.41) is 16.6. The lowest BCUT2D eigenvalue weighted by molar-refractivity contribution is -0.143. The Hall–Kier alpha value is -2.65. The van der Waals surface area contributed by atoms with Crippen LogP contribution in [0.2, 0.25) is 0 Å². The highest BCUT2D eigenvalue weighted by molar-refractivity contribution is 6.23. The number of hydrogen-bond donors (Lipinski definition) is 1. The summed E-state index contributed by atoms with van der Waals surface area (Å²) in [4.78, 5) is 12.1. The number of carbonyl (C=O) groups excluding carboxylic acids is 1. The number of unbranched alkanes of at least 4 members (excludes halogenated alkanes) is 5. The van der Waals surface area contributed by atoms with Crippen LogP contribution < -0.4 is 0 Å². The highest BCUT2D eigenvalue weighted by Crippen LogP contribution is 2.36. The van der Waals surface area contributed by atoms with E-state index in [9.17, 15) is 4.79 Å². The van der Waals surface area contributed by atoms with Crippen LogP contribution in [0.5, 0.6) is 0 Å². The van der Waals surface area contributed by atoms with Gasteiger partial charge in [0, 0.05) is 13.0 Å². The van der Waals surface area contributed by atoms with Crippen LogP contribution in [0, 0.1) is 0 Å². The zero-order chi connectivity index (χ0) is 21.5. The van der Waals surface area contributed by atoms with Gasteiger partial charge in [-0.1, -0.05) is 80.3 Å². The van der Waals surface area contributed by atoms with Crippen molar-refractivity contribution in [2.45, 2.75) is 57.8 Å². The topological polar surface area (TPSA) is 46.5 Å². The van der Waals surface area contributed by atoms with E-state index >= 15 is 0 Å². The lowest BCUT2D eigenvalue weighted by atomic mass is 9.90. The smallest absolute Gasteiger partial charge is 0.305 e. The SMILES string of the molecule is O=C(CCCc1ccc2ccc3cccc4ccc1c2c34)OCCCCCCCCO. The number of ether oxygens (including phenoxy) is 1. The van der Waals surface area contributed by atoms with Gasteiger partial charge in [0.1, 0.15) is 0 Å². The molecule has 31 heavy (non-hydrogen) atoms. The predicted octanol–water partition coefficient (Wildman–Crippen LogP) is 6.78. The summed E-state index contributed by atoms with van der Waals surface area (Å²) in [5.74, 6) is -0.0852. The van der Waals surface area contributed by atoms with E-state index in [0.717, 1.165) is 51.4 Å². The molecule has 0 amide bonds. The van der Waals surface area contributed by atoms with E-state index in [-0.39, 0.29) is 12.6 Å². The van der Waals surface area contributed by atoms with Crippen molar-refractivity contribution in [3.8, 4) is 0 Å². The molecule has 0 aromatic heterocycles. The molecular weight excluding hydrogens is 384 g/mol. The molecule has 4 aromatic rings. The van der Waals surface area contributed by atoms with Crippen LogP contribution in [0.3, 0.4) is 0 Å². The van der Waals surface area contributed by atoms with E-state index in [1.54, 1.807) is 0 Å². The van der Waals surface area contributed by atoms with Crippen molar-refractivity contribution in [2.75, 3.05) is 13.2 Å². The normalized spacial score (nSPS) is 11.6. The second-order valence-electron chi connectivity index (χ2n) is 8.50. The molecule has 0 saturated heterocycles. The Balaban J connectivity index is 1.29. The van der Waals surface area contributed by atoms with Gasteiger partial charge in [0.05, 0.1) is 6.61 Å². The van der Waals surface area contributed by atoms with Gasteiger partial charge in [-0.05, 0) is 63.6 Å². The second kappa shape index (κ2) is 10.6. The average molecular weight is 417 g/mol. The van der Waals surface area contributed by atoms with Gasteiger partial charge >= 0.3 is 5.97 Å². The Morgan fingerprint density at radius 2 is 1.35 bits per heavy atom. The molecule has 4 rings (SSSR count). The lowest BCUT2D eigenvalue weighted by Gasteiger charge is -2.14. The zero-order valence-electron chi connectivity index (χ0n) is 18.2. The summed E-state index contributed by atoms with van der Waals surface area (Å²) in [6.45, 7) is 0.809. The zero-order valence-corrected chi connectivity index (χ0v) is 18.2. The minimum Gasteiger partial charge on any atom is -0.466 e. The van der Waals surface area contributed by atoms with Crippen LogP contribution >= 0.6 is 0 Å². The summed E-state index contributed by atoms with van der Waals surface area (Å²) in [7, 11) is 0. The maximum atomic E-state index is 12.1. The Labute approximate surface area is 184 Å². The first-order chi connectivity index (χ1) is 15.3. The van der Waals surface area contributed by atoms with Crippen LogP contribution in [-0.2, 0) is 16.0 Å². The number of aliphatic hydroxyl groups is 1. The summed E-state index contributed by atoms with van der Waals surface area (Å²) in [6, 6.07) is 19.8. The molecule has 0 unspecified atom stereocenters. The van der Waals surface area contributed by atoms with E-state index in [4.69, 9.17) is 9.84 Å². The van der Waals surface area contributed by atoms with Crippen molar-refractivity contribution in [1.82, 2.24) is 0 Å². The van der Waals surface area contributed by atoms with Crippen molar-refractivity contribution < 1.29 is 14.6 Å². The number of aryl methyl sites for hydroxylation is 1. The standard InChI is InChI=1S/C28H32O3/c29-19-5-3-1-2-4-6-20-31-26(30)12-8-9-21-13-14-24-16-15-22-10-7-11-23-17-18-25(21)28(24)27(22)23/h7,10-11,13-18,29H,1-6,8-9,12,19-20H2. The van der Waals surface area contributed by atoms with Crippen LogP contribution in [0.15, 0.2) is 54.6 Å². The van der Waals surface area contributed by atoms with E-state index < -0.39 is 0 Å². The van der Waals surface area contributed by atoms with E-state index in [2.05, 4.69) is 54.6 Å². The van der Waals surface area contributed by atoms with Gasteiger partial charge in [0.25, 0.3) is 0 Å². The maximum Gasteiger partial charge on any atom is 0.305 e. The first-order valence-corrected chi connectivity index (χ1v) is 11.7. The van der Waals surface area contributed by atoms with E-state index in [1.807, 2.05) is 0 Å². The fraction of sp³-hybridized carbons (Fsp3) is 0.393. The highest BCUT2D eigenvalue weighted by atomic mass is 16.5. The number of aliphatic hydroxyl groups excluding tert-OH is 1. The molecule has 0 bridgehead atoms. The first kappa shape index (κ1) is 21.6. The first-order valence-electron chi connectivity index (χ1n) is 11.7. The molecule has 0 aliphatic heterocycles. The lowest BCUT2D eigenvalue weighted by Crippen LogP contribution is -2.06. The largest absolute Gasteiger partial charge is 0.466 e. The van der Waals surface area contributed by atoms with Gasteiger partial charge < -0.3 is 9.84 Å². The Kier molecular flexibility index (Phi) is 7.37. The van der Waals surface area contributed by atoms with Crippen LogP contribution in [0.4, 0.5) is 0 Å². The maximum absolute atomic E-state index is 12.1. The van der Waals surface area contributed by atoms with Gasteiger partial charge in [-0.25, -0.2) is 0 Å². The molecule has 0 fully saturated rings. The molecule has 3 heteroatoms. The quantitative estimate of drug-likeness (QED) is 0.157. The number of hydrogen-bond acceptors (Lipinski definition) is 3. The summed E-state index contributed by atoms with van der Waals surface area (Å²) in [6.07, 6.45) is 8.44. The Morgan fingerprint density at radius 1 is 0.710 bits per heavy atom. The number of rotatable bonds is 12.